The molecule has 2 unspecified atom stereocenters. The van der Waals surface area contributed by atoms with Crippen molar-refractivity contribution in [2.24, 2.45) is 0 Å². The minimum Gasteiger partial charge on any atom is -0.497 e. The Morgan fingerprint density at radius 3 is 2.83 bits per heavy atom. The molecule has 0 spiro atoms. The Labute approximate surface area is 178 Å². The molecule has 1 aromatic carbocycles. The highest BCUT2D eigenvalue weighted by atomic mass is 32.2. The Hall–Kier alpha value is -2.16. The van der Waals surface area contributed by atoms with E-state index in [0.29, 0.717) is 12.1 Å². The van der Waals surface area contributed by atoms with E-state index >= 15 is 0 Å². The molecule has 1 aliphatic rings. The third-order valence-corrected chi connectivity index (χ3v) is 6.84. The Morgan fingerprint density at radius 2 is 2.17 bits per heavy atom. The van der Waals surface area contributed by atoms with Crippen LogP contribution in [0.1, 0.15) is 30.1 Å². The van der Waals surface area contributed by atoms with Crippen LogP contribution in [0.3, 0.4) is 0 Å². The monoisotopic (exact) mass is 429 g/mol. The van der Waals surface area contributed by atoms with Crippen LogP contribution in [0.15, 0.2) is 46.9 Å². The standard InChI is InChI=1S/C21H23N3O3S2/c1-14(19(25)15-7-9-16(26-2)10-8-15)29-21-23-22-20(18-6-4-12-28-18)24(21)13-17-5-3-11-27-17/h4,6-10,12,14,17H,3,5,11,13H2,1-2H3. The van der Waals surface area contributed by atoms with Crippen LogP contribution in [0.5, 0.6) is 5.75 Å². The second-order valence-corrected chi connectivity index (χ2v) is 9.14. The SMILES string of the molecule is COc1ccc(C(=O)C(C)Sc2nnc(-c3cccs3)n2CC2CCCO2)cc1. The molecule has 1 aliphatic heterocycles. The van der Waals surface area contributed by atoms with E-state index in [2.05, 4.69) is 14.8 Å². The third-order valence-electron chi connectivity index (χ3n) is 4.89. The molecule has 0 aliphatic carbocycles. The summed E-state index contributed by atoms with van der Waals surface area (Å²) in [5, 5.41) is 11.3. The fourth-order valence-corrected chi connectivity index (χ4v) is 4.97. The van der Waals surface area contributed by atoms with Gasteiger partial charge in [0.05, 0.1) is 29.9 Å². The van der Waals surface area contributed by atoms with Crippen molar-refractivity contribution < 1.29 is 14.3 Å². The number of ketones is 1. The number of carbonyl (C=O) groups excluding carboxylic acids is 1. The van der Waals surface area contributed by atoms with Crippen molar-refractivity contribution >= 4 is 28.9 Å². The number of thioether (sulfide) groups is 1. The summed E-state index contributed by atoms with van der Waals surface area (Å²) in [5.74, 6) is 1.63. The van der Waals surface area contributed by atoms with Crippen LogP contribution in [-0.2, 0) is 11.3 Å². The Balaban J connectivity index is 1.55. The number of Topliss-reactive ketones (excluding diaryl/α,β-unsaturated/α-hetero) is 1. The number of carbonyl (C=O) groups is 1. The maximum atomic E-state index is 12.9. The number of thiophene rings is 1. The maximum absolute atomic E-state index is 12.9. The van der Waals surface area contributed by atoms with Crippen LogP contribution >= 0.6 is 23.1 Å². The maximum Gasteiger partial charge on any atom is 0.192 e. The van der Waals surface area contributed by atoms with Gasteiger partial charge in [0.1, 0.15) is 5.75 Å². The summed E-state index contributed by atoms with van der Waals surface area (Å²) in [6, 6.07) is 11.3. The molecule has 1 fully saturated rings. The first kappa shape index (κ1) is 20.1. The molecule has 3 heterocycles. The van der Waals surface area contributed by atoms with Gasteiger partial charge in [-0.1, -0.05) is 17.8 Å². The van der Waals surface area contributed by atoms with Crippen LogP contribution in [0.4, 0.5) is 0 Å². The van der Waals surface area contributed by atoms with E-state index in [1.54, 1.807) is 42.7 Å². The highest BCUT2D eigenvalue weighted by molar-refractivity contribution is 8.00. The predicted molar refractivity (Wildman–Crippen MR) is 115 cm³/mol. The largest absolute Gasteiger partial charge is 0.497 e. The first-order valence-corrected chi connectivity index (χ1v) is 11.3. The van der Waals surface area contributed by atoms with Crippen molar-refractivity contribution in [2.75, 3.05) is 13.7 Å². The molecule has 0 radical (unpaired) electrons. The van der Waals surface area contributed by atoms with Gasteiger partial charge in [0.2, 0.25) is 0 Å². The van der Waals surface area contributed by atoms with Crippen molar-refractivity contribution in [3.05, 3.63) is 47.3 Å². The number of hydrogen-bond acceptors (Lipinski definition) is 7. The van der Waals surface area contributed by atoms with E-state index in [1.165, 1.54) is 11.8 Å². The van der Waals surface area contributed by atoms with Gasteiger partial charge in [-0.25, -0.2) is 0 Å². The first-order chi connectivity index (χ1) is 14.2. The average Bonchev–Trinajstić information content (AvgIpc) is 3.51. The Bertz CT molecular complexity index is 948. The molecule has 2 atom stereocenters. The smallest absolute Gasteiger partial charge is 0.192 e. The molecular formula is C21H23N3O3S2. The van der Waals surface area contributed by atoms with E-state index in [-0.39, 0.29) is 17.1 Å². The van der Waals surface area contributed by atoms with Gasteiger partial charge >= 0.3 is 0 Å². The van der Waals surface area contributed by atoms with E-state index in [4.69, 9.17) is 9.47 Å². The molecule has 2 aromatic heterocycles. The summed E-state index contributed by atoms with van der Waals surface area (Å²) >= 11 is 3.08. The van der Waals surface area contributed by atoms with Crippen LogP contribution in [0.2, 0.25) is 0 Å². The van der Waals surface area contributed by atoms with Gasteiger partial charge in [0, 0.05) is 12.2 Å². The molecule has 152 valence electrons. The lowest BCUT2D eigenvalue weighted by Gasteiger charge is -2.16. The van der Waals surface area contributed by atoms with Gasteiger partial charge in [-0.3, -0.25) is 9.36 Å². The van der Waals surface area contributed by atoms with E-state index < -0.39 is 0 Å². The van der Waals surface area contributed by atoms with Gasteiger partial charge in [-0.2, -0.15) is 0 Å². The predicted octanol–water partition coefficient (Wildman–Crippen LogP) is 4.56. The molecule has 4 rings (SSSR count). The zero-order valence-corrected chi connectivity index (χ0v) is 18.0. The number of aromatic nitrogens is 3. The van der Waals surface area contributed by atoms with Gasteiger partial charge in [0.25, 0.3) is 0 Å². The first-order valence-electron chi connectivity index (χ1n) is 9.59. The molecule has 3 aromatic rings. The number of ether oxygens (including phenoxy) is 2. The highest BCUT2D eigenvalue weighted by Crippen LogP contribution is 2.31. The van der Waals surface area contributed by atoms with Crippen LogP contribution in [-0.4, -0.2) is 45.6 Å². The van der Waals surface area contributed by atoms with Gasteiger partial charge in [0.15, 0.2) is 16.8 Å². The lowest BCUT2D eigenvalue weighted by atomic mass is 10.1. The molecule has 0 bridgehead atoms. The lowest BCUT2D eigenvalue weighted by Crippen LogP contribution is -2.18. The quantitative estimate of drug-likeness (QED) is 0.386. The Morgan fingerprint density at radius 1 is 1.34 bits per heavy atom. The van der Waals surface area contributed by atoms with E-state index in [9.17, 15) is 4.79 Å². The second-order valence-electron chi connectivity index (χ2n) is 6.88. The molecule has 29 heavy (non-hydrogen) atoms. The van der Waals surface area contributed by atoms with Gasteiger partial charge in [-0.15, -0.1) is 21.5 Å². The summed E-state index contributed by atoms with van der Waals surface area (Å²) in [7, 11) is 1.61. The zero-order valence-electron chi connectivity index (χ0n) is 16.4. The Kier molecular flexibility index (Phi) is 6.32. The summed E-state index contributed by atoms with van der Waals surface area (Å²) in [5.41, 5.74) is 0.662. The minimum atomic E-state index is -0.285. The summed E-state index contributed by atoms with van der Waals surface area (Å²) in [6.07, 6.45) is 2.28. The highest BCUT2D eigenvalue weighted by Gasteiger charge is 2.25. The molecule has 0 saturated carbocycles. The number of methoxy groups -OCH3 is 1. The zero-order chi connectivity index (χ0) is 20.2. The van der Waals surface area contributed by atoms with E-state index in [0.717, 1.165) is 41.1 Å². The second kappa shape index (κ2) is 9.11. The molecule has 0 amide bonds. The van der Waals surface area contributed by atoms with Gasteiger partial charge in [-0.05, 0) is 55.5 Å². The van der Waals surface area contributed by atoms with Crippen molar-refractivity contribution in [2.45, 2.75) is 42.8 Å². The van der Waals surface area contributed by atoms with Crippen molar-refractivity contribution in [1.29, 1.82) is 0 Å². The van der Waals surface area contributed by atoms with Crippen molar-refractivity contribution in [3.63, 3.8) is 0 Å². The normalized spacial score (nSPS) is 17.4. The summed E-state index contributed by atoms with van der Waals surface area (Å²) in [6.45, 7) is 3.41. The summed E-state index contributed by atoms with van der Waals surface area (Å²) < 4.78 is 13.1. The molecule has 6 nitrogen and oxygen atoms in total. The number of hydrogen-bond donors (Lipinski definition) is 0. The molecular weight excluding hydrogens is 406 g/mol. The fourth-order valence-electron chi connectivity index (χ4n) is 3.32. The third kappa shape index (κ3) is 4.55. The number of nitrogens with zero attached hydrogens (tertiary/aromatic N) is 3. The van der Waals surface area contributed by atoms with Gasteiger partial charge < -0.3 is 9.47 Å². The minimum absolute atomic E-state index is 0.0574. The lowest BCUT2D eigenvalue weighted by molar-refractivity contribution is 0.0953. The number of rotatable bonds is 8. The van der Waals surface area contributed by atoms with E-state index in [1.807, 2.05) is 24.4 Å². The van der Waals surface area contributed by atoms with Crippen LogP contribution in [0.25, 0.3) is 10.7 Å². The van der Waals surface area contributed by atoms with Crippen LogP contribution < -0.4 is 4.74 Å². The van der Waals surface area contributed by atoms with Crippen molar-refractivity contribution in [3.8, 4) is 16.5 Å². The number of benzene rings is 1. The average molecular weight is 430 g/mol. The van der Waals surface area contributed by atoms with Crippen LogP contribution in [0, 0.1) is 0 Å². The summed E-state index contributed by atoms with van der Waals surface area (Å²) in [4.78, 5) is 14.0. The fraction of sp³-hybridized carbons (Fsp3) is 0.381. The molecule has 1 saturated heterocycles. The topological polar surface area (TPSA) is 66.2 Å². The molecule has 0 N–H and O–H groups in total. The molecule has 8 heteroatoms. The van der Waals surface area contributed by atoms with Crippen molar-refractivity contribution in [1.82, 2.24) is 14.8 Å².